The molecule has 0 saturated heterocycles. The first-order chi connectivity index (χ1) is 7.99. The number of benzene rings is 1. The Hall–Kier alpha value is -1.81. The summed E-state index contributed by atoms with van der Waals surface area (Å²) in [5.41, 5.74) is 2.59. The van der Waals surface area contributed by atoms with Crippen molar-refractivity contribution in [2.45, 2.75) is 13.8 Å². The van der Waals surface area contributed by atoms with Crippen molar-refractivity contribution in [3.8, 4) is 11.3 Å². The van der Waals surface area contributed by atoms with Crippen molar-refractivity contribution in [3.05, 3.63) is 40.3 Å². The molecule has 0 aliphatic heterocycles. The lowest BCUT2D eigenvalue weighted by Crippen LogP contribution is -1.97. The Morgan fingerprint density at radius 1 is 1.41 bits per heavy atom. The van der Waals surface area contributed by atoms with Crippen molar-refractivity contribution in [2.75, 3.05) is 0 Å². The zero-order valence-corrected chi connectivity index (χ0v) is 10.2. The molecule has 17 heavy (non-hydrogen) atoms. The van der Waals surface area contributed by atoms with Crippen molar-refractivity contribution in [1.82, 2.24) is 9.97 Å². The standard InChI is InChI=1S/C12H11ClN2O2/c1-6-3-4-8(12(16)17)5-9(6)10-11(13)15-7(2)14-10/h3-5H,1-2H3,(H,14,15)(H,16,17). The van der Waals surface area contributed by atoms with E-state index in [2.05, 4.69) is 9.97 Å². The van der Waals surface area contributed by atoms with Gasteiger partial charge in [0.05, 0.1) is 11.3 Å². The van der Waals surface area contributed by atoms with Gasteiger partial charge in [-0.2, -0.15) is 0 Å². The molecule has 2 aromatic rings. The molecule has 5 heteroatoms. The van der Waals surface area contributed by atoms with Crippen LogP contribution in [0.25, 0.3) is 11.3 Å². The molecule has 0 saturated carbocycles. The molecule has 0 spiro atoms. The topological polar surface area (TPSA) is 66.0 Å². The predicted octanol–water partition coefficient (Wildman–Crippen LogP) is 3.05. The van der Waals surface area contributed by atoms with E-state index in [1.807, 2.05) is 6.92 Å². The highest BCUT2D eigenvalue weighted by Crippen LogP contribution is 2.29. The number of hydrogen-bond acceptors (Lipinski definition) is 2. The number of carbonyl (C=O) groups is 1. The summed E-state index contributed by atoms with van der Waals surface area (Å²) in [5.74, 6) is -0.260. The van der Waals surface area contributed by atoms with E-state index in [0.29, 0.717) is 16.7 Å². The summed E-state index contributed by atoms with van der Waals surface area (Å²) in [4.78, 5) is 18.0. The van der Waals surface area contributed by atoms with Crippen molar-refractivity contribution in [1.29, 1.82) is 0 Å². The number of carboxylic acids is 1. The minimum Gasteiger partial charge on any atom is -0.478 e. The number of hydrogen-bond donors (Lipinski definition) is 2. The molecule has 1 aromatic heterocycles. The summed E-state index contributed by atoms with van der Waals surface area (Å²) >= 11 is 5.99. The molecular formula is C12H11ClN2O2. The quantitative estimate of drug-likeness (QED) is 0.861. The van der Waals surface area contributed by atoms with Crippen LogP contribution in [-0.2, 0) is 0 Å². The van der Waals surface area contributed by atoms with Crippen LogP contribution < -0.4 is 0 Å². The van der Waals surface area contributed by atoms with Crippen molar-refractivity contribution < 1.29 is 9.90 Å². The molecule has 1 heterocycles. The van der Waals surface area contributed by atoms with Crippen LogP contribution in [0.5, 0.6) is 0 Å². The van der Waals surface area contributed by atoms with Crippen LogP contribution in [0.15, 0.2) is 18.2 Å². The first-order valence-corrected chi connectivity index (χ1v) is 5.43. The van der Waals surface area contributed by atoms with E-state index in [9.17, 15) is 4.79 Å². The maximum absolute atomic E-state index is 10.9. The van der Waals surface area contributed by atoms with Gasteiger partial charge in [0.15, 0.2) is 5.15 Å². The normalized spacial score (nSPS) is 10.5. The predicted molar refractivity (Wildman–Crippen MR) is 65.5 cm³/mol. The monoisotopic (exact) mass is 250 g/mol. The number of rotatable bonds is 2. The summed E-state index contributed by atoms with van der Waals surface area (Å²) in [7, 11) is 0. The number of aromatic amines is 1. The van der Waals surface area contributed by atoms with Gasteiger partial charge in [-0.1, -0.05) is 17.7 Å². The Morgan fingerprint density at radius 2 is 2.12 bits per heavy atom. The lowest BCUT2D eigenvalue weighted by atomic mass is 10.0. The van der Waals surface area contributed by atoms with Crippen molar-refractivity contribution in [2.24, 2.45) is 0 Å². The van der Waals surface area contributed by atoms with E-state index < -0.39 is 5.97 Å². The van der Waals surface area contributed by atoms with Crippen LogP contribution in [-0.4, -0.2) is 21.0 Å². The van der Waals surface area contributed by atoms with Gasteiger partial charge < -0.3 is 10.1 Å². The van der Waals surface area contributed by atoms with Gasteiger partial charge in [0.2, 0.25) is 0 Å². The summed E-state index contributed by atoms with van der Waals surface area (Å²) in [6, 6.07) is 4.92. The van der Waals surface area contributed by atoms with E-state index in [4.69, 9.17) is 16.7 Å². The van der Waals surface area contributed by atoms with Gasteiger partial charge in [-0.25, -0.2) is 9.78 Å². The number of halogens is 1. The maximum Gasteiger partial charge on any atom is 0.335 e. The summed E-state index contributed by atoms with van der Waals surface area (Å²) < 4.78 is 0. The molecular weight excluding hydrogens is 240 g/mol. The third-order valence-corrected chi connectivity index (χ3v) is 2.81. The third kappa shape index (κ3) is 2.17. The number of aryl methyl sites for hydroxylation is 2. The number of carboxylic acid groups (broad SMARTS) is 1. The number of nitrogens with one attached hydrogen (secondary N) is 1. The molecule has 0 radical (unpaired) electrons. The van der Waals surface area contributed by atoms with E-state index in [1.165, 1.54) is 0 Å². The number of imidazole rings is 1. The SMILES string of the molecule is Cc1nc(Cl)c(-c2cc(C(=O)O)ccc2C)[nH]1. The fraction of sp³-hybridized carbons (Fsp3) is 0.167. The Morgan fingerprint density at radius 3 is 2.65 bits per heavy atom. The fourth-order valence-corrected chi connectivity index (χ4v) is 1.94. The molecule has 1 aromatic carbocycles. The average Bonchev–Trinajstić information content (AvgIpc) is 2.58. The minimum atomic E-state index is -0.960. The molecule has 0 aliphatic carbocycles. The zero-order valence-electron chi connectivity index (χ0n) is 9.41. The summed E-state index contributed by atoms with van der Waals surface area (Å²) in [6.45, 7) is 3.69. The van der Waals surface area contributed by atoms with Crippen LogP contribution in [0.4, 0.5) is 0 Å². The number of H-pyrrole nitrogens is 1. The lowest BCUT2D eigenvalue weighted by Gasteiger charge is -2.05. The second-order valence-corrected chi connectivity index (χ2v) is 4.18. The van der Waals surface area contributed by atoms with E-state index in [1.54, 1.807) is 25.1 Å². The minimum absolute atomic E-state index is 0.230. The Bertz CT molecular complexity index is 590. The highest BCUT2D eigenvalue weighted by molar-refractivity contribution is 6.32. The molecule has 0 aliphatic rings. The third-order valence-electron chi connectivity index (χ3n) is 2.53. The summed E-state index contributed by atoms with van der Waals surface area (Å²) in [5, 5.41) is 9.32. The first kappa shape index (κ1) is 11.7. The average molecular weight is 251 g/mol. The number of aromatic nitrogens is 2. The van der Waals surface area contributed by atoms with Crippen molar-refractivity contribution >= 4 is 17.6 Å². The molecule has 0 unspecified atom stereocenters. The van der Waals surface area contributed by atoms with Gasteiger partial charge >= 0.3 is 5.97 Å². The molecule has 0 atom stereocenters. The highest BCUT2D eigenvalue weighted by atomic mass is 35.5. The van der Waals surface area contributed by atoms with E-state index in [0.717, 1.165) is 11.1 Å². The van der Waals surface area contributed by atoms with Crippen LogP contribution in [0.1, 0.15) is 21.7 Å². The van der Waals surface area contributed by atoms with Gasteiger partial charge in [0, 0.05) is 5.56 Å². The van der Waals surface area contributed by atoms with Crippen LogP contribution in [0.3, 0.4) is 0 Å². The largest absolute Gasteiger partial charge is 0.478 e. The number of aromatic carboxylic acids is 1. The second-order valence-electron chi connectivity index (χ2n) is 3.82. The van der Waals surface area contributed by atoms with E-state index >= 15 is 0 Å². The molecule has 0 bridgehead atoms. The summed E-state index contributed by atoms with van der Waals surface area (Å²) in [6.07, 6.45) is 0. The Labute approximate surface area is 103 Å². The number of nitrogens with zero attached hydrogens (tertiary/aromatic N) is 1. The molecule has 0 amide bonds. The highest BCUT2D eigenvalue weighted by Gasteiger charge is 2.13. The van der Waals surface area contributed by atoms with Crippen molar-refractivity contribution in [3.63, 3.8) is 0 Å². The van der Waals surface area contributed by atoms with E-state index in [-0.39, 0.29) is 5.56 Å². The van der Waals surface area contributed by atoms with Crippen LogP contribution >= 0.6 is 11.6 Å². The Balaban J connectivity index is 2.62. The fourth-order valence-electron chi connectivity index (χ4n) is 1.67. The maximum atomic E-state index is 10.9. The molecule has 4 nitrogen and oxygen atoms in total. The van der Waals surface area contributed by atoms with Gasteiger partial charge in [0.25, 0.3) is 0 Å². The molecule has 2 rings (SSSR count). The zero-order chi connectivity index (χ0) is 12.6. The van der Waals surface area contributed by atoms with Gasteiger partial charge in [-0.05, 0) is 31.5 Å². The van der Waals surface area contributed by atoms with Gasteiger partial charge in [0.1, 0.15) is 5.82 Å². The van der Waals surface area contributed by atoms with Gasteiger partial charge in [-0.15, -0.1) is 0 Å². The Kier molecular flexibility index (Phi) is 2.90. The van der Waals surface area contributed by atoms with Crippen LogP contribution in [0.2, 0.25) is 5.15 Å². The smallest absolute Gasteiger partial charge is 0.335 e. The van der Waals surface area contributed by atoms with Gasteiger partial charge in [-0.3, -0.25) is 0 Å². The first-order valence-electron chi connectivity index (χ1n) is 5.05. The molecule has 2 N–H and O–H groups in total. The van der Waals surface area contributed by atoms with Crippen LogP contribution in [0, 0.1) is 13.8 Å². The molecule has 88 valence electrons. The second kappa shape index (κ2) is 4.22. The molecule has 0 fully saturated rings. The lowest BCUT2D eigenvalue weighted by molar-refractivity contribution is 0.0697.